The molecule has 1 aromatic carbocycles. The molecular formula is C16H13ClN4O2S. The predicted molar refractivity (Wildman–Crippen MR) is 92.9 cm³/mol. The highest BCUT2D eigenvalue weighted by Crippen LogP contribution is 2.26. The number of thioether (sulfide) groups is 1. The van der Waals surface area contributed by atoms with Crippen molar-refractivity contribution in [1.82, 2.24) is 15.2 Å². The number of carbonyl (C=O) groups excluding carboxylic acids is 1. The minimum Gasteiger partial charge on any atom is -0.411 e. The minimum atomic E-state index is -0.411. The van der Waals surface area contributed by atoms with Crippen LogP contribution in [0.25, 0.3) is 11.5 Å². The molecule has 0 radical (unpaired) electrons. The summed E-state index contributed by atoms with van der Waals surface area (Å²) in [5.41, 5.74) is 1.37. The molecule has 0 spiro atoms. The smallest absolute Gasteiger partial charge is 0.277 e. The van der Waals surface area contributed by atoms with Gasteiger partial charge in [-0.05, 0) is 37.3 Å². The Morgan fingerprint density at radius 3 is 2.92 bits per heavy atom. The Labute approximate surface area is 147 Å². The molecule has 1 atom stereocenters. The first-order valence-electron chi connectivity index (χ1n) is 7.09. The van der Waals surface area contributed by atoms with E-state index in [9.17, 15) is 4.79 Å². The van der Waals surface area contributed by atoms with Gasteiger partial charge in [0.15, 0.2) is 0 Å². The number of pyridine rings is 1. The van der Waals surface area contributed by atoms with Crippen LogP contribution in [0.1, 0.15) is 6.92 Å². The lowest BCUT2D eigenvalue weighted by Gasteiger charge is -2.09. The number of hydrogen-bond acceptors (Lipinski definition) is 6. The van der Waals surface area contributed by atoms with Crippen LogP contribution in [-0.2, 0) is 4.79 Å². The van der Waals surface area contributed by atoms with Gasteiger partial charge in [-0.2, -0.15) is 0 Å². The first-order valence-corrected chi connectivity index (χ1v) is 8.34. The fraction of sp³-hybridized carbons (Fsp3) is 0.125. The van der Waals surface area contributed by atoms with Gasteiger partial charge in [0.05, 0.1) is 10.8 Å². The van der Waals surface area contributed by atoms with Crippen molar-refractivity contribution in [2.24, 2.45) is 0 Å². The van der Waals surface area contributed by atoms with Crippen LogP contribution in [-0.4, -0.2) is 26.3 Å². The van der Waals surface area contributed by atoms with Gasteiger partial charge < -0.3 is 9.73 Å². The molecule has 0 aliphatic heterocycles. The van der Waals surface area contributed by atoms with Crippen molar-refractivity contribution in [1.29, 1.82) is 0 Å². The topological polar surface area (TPSA) is 80.9 Å². The lowest BCUT2D eigenvalue weighted by Crippen LogP contribution is -2.22. The van der Waals surface area contributed by atoms with Crippen LogP contribution in [0.15, 0.2) is 58.4 Å². The van der Waals surface area contributed by atoms with Crippen molar-refractivity contribution in [2.45, 2.75) is 17.4 Å². The largest absolute Gasteiger partial charge is 0.411 e. The van der Waals surface area contributed by atoms with Gasteiger partial charge >= 0.3 is 0 Å². The Hall–Kier alpha value is -2.38. The van der Waals surface area contributed by atoms with Crippen LogP contribution in [0.5, 0.6) is 0 Å². The van der Waals surface area contributed by atoms with E-state index >= 15 is 0 Å². The fourth-order valence-electron chi connectivity index (χ4n) is 1.88. The number of aromatic nitrogens is 3. The molecule has 1 N–H and O–H groups in total. The molecule has 122 valence electrons. The second kappa shape index (κ2) is 7.46. The maximum Gasteiger partial charge on any atom is 0.277 e. The van der Waals surface area contributed by atoms with E-state index in [1.165, 1.54) is 11.8 Å². The van der Waals surface area contributed by atoms with Crippen LogP contribution >= 0.6 is 23.4 Å². The fourth-order valence-corrected chi connectivity index (χ4v) is 2.75. The second-order valence-electron chi connectivity index (χ2n) is 4.87. The van der Waals surface area contributed by atoms with E-state index in [0.717, 1.165) is 5.56 Å². The molecule has 0 bridgehead atoms. The van der Waals surface area contributed by atoms with E-state index in [4.69, 9.17) is 16.0 Å². The summed E-state index contributed by atoms with van der Waals surface area (Å²) < 4.78 is 5.56. The van der Waals surface area contributed by atoms with Crippen LogP contribution in [0, 0.1) is 0 Å². The lowest BCUT2D eigenvalue weighted by atomic mass is 10.3. The van der Waals surface area contributed by atoms with E-state index in [0.29, 0.717) is 21.8 Å². The third-order valence-corrected chi connectivity index (χ3v) is 4.22. The molecule has 8 heteroatoms. The summed E-state index contributed by atoms with van der Waals surface area (Å²) in [6.07, 6.45) is 3.30. The predicted octanol–water partition coefficient (Wildman–Crippen LogP) is 3.90. The minimum absolute atomic E-state index is 0.177. The van der Waals surface area contributed by atoms with Gasteiger partial charge in [0.25, 0.3) is 5.22 Å². The summed E-state index contributed by atoms with van der Waals surface area (Å²) in [7, 11) is 0. The molecular weight excluding hydrogens is 348 g/mol. The van der Waals surface area contributed by atoms with Crippen LogP contribution in [0.3, 0.4) is 0 Å². The van der Waals surface area contributed by atoms with Crippen molar-refractivity contribution in [2.75, 3.05) is 5.32 Å². The molecule has 0 fully saturated rings. The Kier molecular flexibility index (Phi) is 5.12. The highest BCUT2D eigenvalue weighted by atomic mass is 35.5. The summed E-state index contributed by atoms with van der Waals surface area (Å²) >= 11 is 7.09. The number of nitrogens with one attached hydrogen (secondary N) is 1. The standard InChI is InChI=1S/C16H13ClN4O2S/c1-10(14(22)19-13-6-2-5-12(17)8-13)24-16-21-20-15(23-16)11-4-3-7-18-9-11/h2-10H,1H3,(H,19,22)/t10-/m1/s1. The molecule has 0 saturated carbocycles. The Bertz CT molecular complexity index is 841. The van der Waals surface area contributed by atoms with Crippen molar-refractivity contribution < 1.29 is 9.21 Å². The molecule has 2 heterocycles. The van der Waals surface area contributed by atoms with Crippen LogP contribution in [0.2, 0.25) is 5.02 Å². The zero-order chi connectivity index (χ0) is 16.9. The highest BCUT2D eigenvalue weighted by molar-refractivity contribution is 8.00. The molecule has 0 aliphatic rings. The van der Waals surface area contributed by atoms with Gasteiger partial charge in [0.2, 0.25) is 11.8 Å². The normalized spacial score (nSPS) is 11.9. The van der Waals surface area contributed by atoms with Crippen molar-refractivity contribution >= 4 is 35.0 Å². The molecule has 6 nitrogen and oxygen atoms in total. The quantitative estimate of drug-likeness (QED) is 0.695. The highest BCUT2D eigenvalue weighted by Gasteiger charge is 2.19. The van der Waals surface area contributed by atoms with Gasteiger partial charge in [0.1, 0.15) is 0 Å². The first-order chi connectivity index (χ1) is 11.6. The van der Waals surface area contributed by atoms with Crippen molar-refractivity contribution in [3.05, 3.63) is 53.8 Å². The zero-order valence-electron chi connectivity index (χ0n) is 12.6. The third-order valence-electron chi connectivity index (χ3n) is 3.05. The summed E-state index contributed by atoms with van der Waals surface area (Å²) in [4.78, 5) is 16.2. The Morgan fingerprint density at radius 2 is 2.17 bits per heavy atom. The maximum atomic E-state index is 12.2. The number of anilines is 1. The SMILES string of the molecule is C[C@@H](Sc1nnc(-c2cccnc2)o1)C(=O)Nc1cccc(Cl)c1. The zero-order valence-corrected chi connectivity index (χ0v) is 14.2. The van der Waals surface area contributed by atoms with Gasteiger partial charge in [-0.15, -0.1) is 10.2 Å². The third kappa shape index (κ3) is 4.12. The van der Waals surface area contributed by atoms with Gasteiger partial charge in [-0.1, -0.05) is 29.4 Å². The monoisotopic (exact) mass is 360 g/mol. The average molecular weight is 361 g/mol. The van der Waals surface area contributed by atoms with Gasteiger partial charge in [0, 0.05) is 23.1 Å². The van der Waals surface area contributed by atoms with Crippen molar-refractivity contribution in [3.63, 3.8) is 0 Å². The number of amides is 1. The molecule has 3 aromatic rings. The van der Waals surface area contributed by atoms with Crippen LogP contribution < -0.4 is 5.32 Å². The summed E-state index contributed by atoms with van der Waals surface area (Å²) in [5, 5.41) is 11.2. The molecule has 1 amide bonds. The molecule has 2 aromatic heterocycles. The lowest BCUT2D eigenvalue weighted by molar-refractivity contribution is -0.115. The number of rotatable bonds is 5. The molecule has 0 unspecified atom stereocenters. The number of nitrogens with zero attached hydrogens (tertiary/aromatic N) is 3. The maximum absolute atomic E-state index is 12.2. The van der Waals surface area contributed by atoms with E-state index < -0.39 is 5.25 Å². The molecule has 24 heavy (non-hydrogen) atoms. The van der Waals surface area contributed by atoms with E-state index in [2.05, 4.69) is 20.5 Å². The first kappa shape index (κ1) is 16.5. The molecule has 0 saturated heterocycles. The van der Waals surface area contributed by atoms with E-state index in [1.807, 2.05) is 6.07 Å². The Balaban J connectivity index is 1.63. The van der Waals surface area contributed by atoms with Gasteiger partial charge in [-0.25, -0.2) is 0 Å². The number of benzene rings is 1. The average Bonchev–Trinajstić information content (AvgIpc) is 3.04. The summed E-state index contributed by atoms with van der Waals surface area (Å²) in [5.74, 6) is 0.191. The van der Waals surface area contributed by atoms with Gasteiger partial charge in [-0.3, -0.25) is 9.78 Å². The number of hydrogen-bond donors (Lipinski definition) is 1. The van der Waals surface area contributed by atoms with Crippen molar-refractivity contribution in [3.8, 4) is 11.5 Å². The van der Waals surface area contributed by atoms with E-state index in [-0.39, 0.29) is 5.91 Å². The molecule has 0 aliphatic carbocycles. The van der Waals surface area contributed by atoms with E-state index in [1.54, 1.807) is 49.6 Å². The summed E-state index contributed by atoms with van der Waals surface area (Å²) in [6.45, 7) is 1.76. The van der Waals surface area contributed by atoms with Crippen LogP contribution in [0.4, 0.5) is 5.69 Å². The molecule has 3 rings (SSSR count). The Morgan fingerprint density at radius 1 is 1.29 bits per heavy atom. The summed E-state index contributed by atoms with van der Waals surface area (Å²) in [6, 6.07) is 10.6. The number of halogens is 1. The second-order valence-corrected chi connectivity index (χ2v) is 6.60. The number of carbonyl (C=O) groups is 1.